The van der Waals surface area contributed by atoms with Crippen LogP contribution in [0, 0.1) is 0 Å². The van der Waals surface area contributed by atoms with Crippen LogP contribution in [-0.4, -0.2) is 25.9 Å². The summed E-state index contributed by atoms with van der Waals surface area (Å²) in [5.41, 5.74) is 0. The van der Waals surface area contributed by atoms with Gasteiger partial charge < -0.3 is 9.47 Å². The van der Waals surface area contributed by atoms with Gasteiger partial charge in [-0.2, -0.15) is 0 Å². The average Bonchev–Trinajstić information content (AvgIpc) is 2.98. The van der Waals surface area contributed by atoms with Gasteiger partial charge in [0, 0.05) is 13.2 Å². The van der Waals surface area contributed by atoms with E-state index in [1.165, 1.54) is 205 Å². The monoisotopic (exact) mass is 581 g/mol. The first kappa shape index (κ1) is 40.9. The van der Waals surface area contributed by atoms with E-state index < -0.39 is 0 Å². The van der Waals surface area contributed by atoms with Gasteiger partial charge in [-0.3, -0.25) is 0 Å². The summed E-state index contributed by atoms with van der Waals surface area (Å²) in [5.74, 6) is 0. The van der Waals surface area contributed by atoms with E-state index >= 15 is 0 Å². The molecule has 0 N–H and O–H groups in total. The lowest BCUT2D eigenvalue weighted by Crippen LogP contribution is -2.17. The lowest BCUT2D eigenvalue weighted by Gasteiger charge is -2.13. The van der Waals surface area contributed by atoms with Crippen molar-refractivity contribution in [3.8, 4) is 0 Å². The standard InChI is InChI=1S/C39H80O2/c1-4-6-8-10-12-14-16-18-20-22-24-26-28-30-32-34-36-40-38-39(3)41-37-35-33-31-29-27-25-23-21-19-17-15-13-11-9-7-5-2/h39H,4-38H2,1-3H3/t39-/m0/s1. The fourth-order valence-electron chi connectivity index (χ4n) is 5.98. The van der Waals surface area contributed by atoms with E-state index in [9.17, 15) is 0 Å². The van der Waals surface area contributed by atoms with Crippen LogP contribution in [0.15, 0.2) is 0 Å². The van der Waals surface area contributed by atoms with Crippen LogP contribution in [0.2, 0.25) is 0 Å². The maximum absolute atomic E-state index is 5.97. The van der Waals surface area contributed by atoms with Crippen LogP contribution in [0.4, 0.5) is 0 Å². The molecule has 2 nitrogen and oxygen atoms in total. The van der Waals surface area contributed by atoms with Gasteiger partial charge in [-0.05, 0) is 19.8 Å². The maximum atomic E-state index is 5.97. The minimum absolute atomic E-state index is 0.243. The summed E-state index contributed by atoms with van der Waals surface area (Å²) in [7, 11) is 0. The number of rotatable bonds is 37. The van der Waals surface area contributed by atoms with Crippen LogP contribution >= 0.6 is 0 Å². The lowest BCUT2D eigenvalue weighted by atomic mass is 10.0. The summed E-state index contributed by atoms with van der Waals surface area (Å²) in [6.45, 7) is 9.34. The Labute approximate surface area is 261 Å². The Morgan fingerprint density at radius 3 is 0.854 bits per heavy atom. The minimum Gasteiger partial charge on any atom is -0.379 e. The minimum atomic E-state index is 0.243. The highest BCUT2D eigenvalue weighted by Crippen LogP contribution is 2.15. The molecular formula is C39H80O2. The molecule has 0 aromatic heterocycles. The van der Waals surface area contributed by atoms with Crippen LogP contribution in [0.25, 0.3) is 0 Å². The molecule has 41 heavy (non-hydrogen) atoms. The highest BCUT2D eigenvalue weighted by Gasteiger charge is 2.02. The number of unbranched alkanes of at least 4 members (excludes halogenated alkanes) is 30. The van der Waals surface area contributed by atoms with Crippen molar-refractivity contribution in [1.29, 1.82) is 0 Å². The smallest absolute Gasteiger partial charge is 0.0780 e. The lowest BCUT2D eigenvalue weighted by molar-refractivity contribution is -0.00869. The number of ether oxygens (including phenoxy) is 2. The first-order valence-corrected chi connectivity index (χ1v) is 19.5. The third-order valence-corrected chi connectivity index (χ3v) is 8.90. The van der Waals surface area contributed by atoms with Gasteiger partial charge in [0.05, 0.1) is 12.7 Å². The van der Waals surface area contributed by atoms with Gasteiger partial charge in [-0.25, -0.2) is 0 Å². The molecular weight excluding hydrogens is 500 g/mol. The second-order valence-corrected chi connectivity index (χ2v) is 13.4. The zero-order valence-corrected chi connectivity index (χ0v) is 29.1. The van der Waals surface area contributed by atoms with Gasteiger partial charge in [0.1, 0.15) is 0 Å². The normalized spacial score (nSPS) is 12.4. The summed E-state index contributed by atoms with van der Waals surface area (Å²) in [6.07, 6.45) is 45.6. The molecule has 0 aliphatic rings. The largest absolute Gasteiger partial charge is 0.379 e. The predicted octanol–water partition coefficient (Wildman–Crippen LogP) is 13.9. The van der Waals surface area contributed by atoms with E-state index in [0.717, 1.165) is 19.8 Å². The first-order chi connectivity index (χ1) is 20.3. The van der Waals surface area contributed by atoms with Crippen LogP contribution in [0.3, 0.4) is 0 Å². The van der Waals surface area contributed by atoms with Crippen LogP contribution in [0.1, 0.15) is 226 Å². The quantitative estimate of drug-likeness (QED) is 0.0680. The first-order valence-electron chi connectivity index (χ1n) is 19.5. The third kappa shape index (κ3) is 37.9. The van der Waals surface area contributed by atoms with Gasteiger partial charge in [0.2, 0.25) is 0 Å². The zero-order chi connectivity index (χ0) is 29.7. The number of hydrogen-bond donors (Lipinski definition) is 0. The molecule has 0 saturated heterocycles. The number of hydrogen-bond acceptors (Lipinski definition) is 2. The maximum Gasteiger partial charge on any atom is 0.0780 e. The summed E-state index contributed by atoms with van der Waals surface area (Å²) >= 11 is 0. The Bertz CT molecular complexity index is 437. The van der Waals surface area contributed by atoms with E-state index in [2.05, 4.69) is 20.8 Å². The second kappa shape index (κ2) is 37.9. The summed E-state index contributed by atoms with van der Waals surface area (Å²) in [5, 5.41) is 0. The Hall–Kier alpha value is -0.0800. The molecule has 248 valence electrons. The van der Waals surface area contributed by atoms with Crippen molar-refractivity contribution in [2.45, 2.75) is 232 Å². The van der Waals surface area contributed by atoms with E-state index in [0.29, 0.717) is 0 Å². The third-order valence-electron chi connectivity index (χ3n) is 8.90. The molecule has 0 spiro atoms. The van der Waals surface area contributed by atoms with Gasteiger partial charge in [0.15, 0.2) is 0 Å². The second-order valence-electron chi connectivity index (χ2n) is 13.4. The van der Waals surface area contributed by atoms with Gasteiger partial charge in [-0.15, -0.1) is 0 Å². The summed E-state index contributed by atoms with van der Waals surface area (Å²) in [6, 6.07) is 0. The van der Waals surface area contributed by atoms with Crippen molar-refractivity contribution < 1.29 is 9.47 Å². The molecule has 0 aromatic carbocycles. The SMILES string of the molecule is CCCCCCCCCCCCCCCCCCOC[C@H](C)OCCCCCCCCCCCCCCCCCC. The van der Waals surface area contributed by atoms with Crippen molar-refractivity contribution in [2.75, 3.05) is 19.8 Å². The van der Waals surface area contributed by atoms with Gasteiger partial charge in [0.25, 0.3) is 0 Å². The molecule has 0 bridgehead atoms. The average molecular weight is 581 g/mol. The van der Waals surface area contributed by atoms with Crippen LogP contribution < -0.4 is 0 Å². The zero-order valence-electron chi connectivity index (χ0n) is 29.1. The van der Waals surface area contributed by atoms with Gasteiger partial charge >= 0.3 is 0 Å². The fraction of sp³-hybridized carbons (Fsp3) is 1.00. The molecule has 0 unspecified atom stereocenters. The van der Waals surface area contributed by atoms with Crippen LogP contribution in [0.5, 0.6) is 0 Å². The predicted molar refractivity (Wildman–Crippen MR) is 185 cm³/mol. The van der Waals surface area contributed by atoms with Crippen molar-refractivity contribution in [1.82, 2.24) is 0 Å². The Kier molecular flexibility index (Phi) is 37.9. The summed E-state index contributed by atoms with van der Waals surface area (Å²) < 4.78 is 11.8. The van der Waals surface area contributed by atoms with Crippen molar-refractivity contribution in [2.24, 2.45) is 0 Å². The molecule has 2 heteroatoms. The van der Waals surface area contributed by atoms with Gasteiger partial charge in [-0.1, -0.05) is 206 Å². The van der Waals surface area contributed by atoms with Crippen molar-refractivity contribution >= 4 is 0 Å². The van der Waals surface area contributed by atoms with Crippen LogP contribution in [-0.2, 0) is 9.47 Å². The highest BCUT2D eigenvalue weighted by molar-refractivity contribution is 4.53. The molecule has 0 aromatic rings. The molecule has 0 saturated carbocycles. The molecule has 0 aliphatic heterocycles. The molecule has 1 atom stereocenters. The fourth-order valence-corrected chi connectivity index (χ4v) is 5.98. The highest BCUT2D eigenvalue weighted by atomic mass is 16.5. The molecule has 0 aliphatic carbocycles. The van der Waals surface area contributed by atoms with E-state index in [1.54, 1.807) is 0 Å². The molecule has 0 rings (SSSR count). The summed E-state index contributed by atoms with van der Waals surface area (Å²) in [4.78, 5) is 0. The Morgan fingerprint density at radius 1 is 0.317 bits per heavy atom. The molecule has 0 radical (unpaired) electrons. The van der Waals surface area contributed by atoms with E-state index in [1.807, 2.05) is 0 Å². The molecule has 0 amide bonds. The molecule has 0 heterocycles. The topological polar surface area (TPSA) is 18.5 Å². The Morgan fingerprint density at radius 2 is 0.561 bits per heavy atom. The van der Waals surface area contributed by atoms with E-state index in [4.69, 9.17) is 9.47 Å². The Balaban J connectivity index is 3.13. The van der Waals surface area contributed by atoms with E-state index in [-0.39, 0.29) is 6.10 Å². The van der Waals surface area contributed by atoms with Crippen molar-refractivity contribution in [3.05, 3.63) is 0 Å². The van der Waals surface area contributed by atoms with Crippen molar-refractivity contribution in [3.63, 3.8) is 0 Å². The molecule has 0 fully saturated rings.